The highest BCUT2D eigenvalue weighted by molar-refractivity contribution is 6.31. The topological polar surface area (TPSA) is 89.9 Å². The highest BCUT2D eigenvalue weighted by atomic mass is 35.5. The molecule has 3 aromatic rings. The molecule has 2 aromatic carbocycles. The van der Waals surface area contributed by atoms with Gasteiger partial charge in [0.05, 0.1) is 30.5 Å². The second-order valence-electron chi connectivity index (χ2n) is 10.9. The van der Waals surface area contributed by atoms with Gasteiger partial charge >= 0.3 is 6.18 Å². The van der Waals surface area contributed by atoms with Crippen LogP contribution in [0, 0.1) is 11.7 Å². The molecule has 222 valence electrons. The van der Waals surface area contributed by atoms with Crippen molar-refractivity contribution in [2.24, 2.45) is 5.92 Å². The summed E-state index contributed by atoms with van der Waals surface area (Å²) in [5.74, 6) is -2.74. The minimum absolute atomic E-state index is 0.00228. The summed E-state index contributed by atoms with van der Waals surface area (Å²) in [5.41, 5.74) is -1.56. The molecule has 1 aromatic heterocycles. The number of aliphatic hydroxyl groups is 1. The van der Waals surface area contributed by atoms with Crippen LogP contribution in [0.5, 0.6) is 17.2 Å². The third kappa shape index (κ3) is 5.47. The van der Waals surface area contributed by atoms with Crippen molar-refractivity contribution in [2.45, 2.75) is 49.5 Å². The minimum atomic E-state index is -4.62. The summed E-state index contributed by atoms with van der Waals surface area (Å²) in [6.07, 6.45) is -1.42. The van der Waals surface area contributed by atoms with E-state index < -0.39 is 36.0 Å². The van der Waals surface area contributed by atoms with E-state index in [1.807, 2.05) is 0 Å². The van der Waals surface area contributed by atoms with Gasteiger partial charge in [-0.3, -0.25) is 4.79 Å². The standard InChI is InChI=1S/C30H27ClF4N2O5/c1-40-24-11-16(3-9-23(24)42-18-6-7-18)28(38)36-14-29(39,17-4-5-17)25-12-19-20(30(33,34)35)13-41-27(19)26(37-25)15-2-8-22(32)21(31)10-15/h2-3,8-12,17-18,20,39H,4-7,13-14H2,1H3,(H,36,38)/t20-,29-/m1/s1. The van der Waals surface area contributed by atoms with Crippen molar-refractivity contribution in [1.29, 1.82) is 0 Å². The Hall–Kier alpha value is -3.57. The highest BCUT2D eigenvalue weighted by Crippen LogP contribution is 2.51. The Bertz CT molecular complexity index is 1540. The predicted molar refractivity (Wildman–Crippen MR) is 145 cm³/mol. The zero-order valence-electron chi connectivity index (χ0n) is 22.4. The van der Waals surface area contributed by atoms with Crippen LogP contribution in [0.25, 0.3) is 11.3 Å². The number of alkyl halides is 3. The largest absolute Gasteiger partial charge is 0.493 e. The van der Waals surface area contributed by atoms with Gasteiger partial charge in [-0.05, 0) is 74.1 Å². The van der Waals surface area contributed by atoms with Crippen molar-refractivity contribution in [3.05, 3.63) is 70.1 Å². The molecule has 2 saturated carbocycles. The van der Waals surface area contributed by atoms with Crippen molar-refractivity contribution in [2.75, 3.05) is 20.3 Å². The number of methoxy groups -OCH3 is 1. The average Bonchev–Trinajstić information content (AvgIpc) is 3.90. The second kappa shape index (κ2) is 10.6. The average molecular weight is 607 g/mol. The molecule has 2 atom stereocenters. The van der Waals surface area contributed by atoms with E-state index in [4.69, 9.17) is 25.8 Å². The molecule has 7 nitrogen and oxygen atoms in total. The maximum absolute atomic E-state index is 14.0. The Morgan fingerprint density at radius 3 is 2.52 bits per heavy atom. The lowest BCUT2D eigenvalue weighted by atomic mass is 9.88. The molecule has 0 bridgehead atoms. The number of fused-ring (bicyclic) bond motifs is 1. The first-order valence-corrected chi connectivity index (χ1v) is 13.9. The molecule has 6 rings (SSSR count). The van der Waals surface area contributed by atoms with Gasteiger partial charge in [0.2, 0.25) is 0 Å². The van der Waals surface area contributed by atoms with Crippen LogP contribution in [0.4, 0.5) is 17.6 Å². The van der Waals surface area contributed by atoms with Crippen molar-refractivity contribution in [3.8, 4) is 28.5 Å². The fourth-order valence-electron chi connectivity index (χ4n) is 5.15. The number of halogens is 5. The Labute approximate surface area is 243 Å². The van der Waals surface area contributed by atoms with Gasteiger partial charge in [0.25, 0.3) is 5.91 Å². The number of hydrogen-bond donors (Lipinski definition) is 2. The first-order valence-electron chi connectivity index (χ1n) is 13.5. The third-order valence-electron chi connectivity index (χ3n) is 7.82. The normalized spacial score (nSPS) is 19.5. The number of pyridine rings is 1. The minimum Gasteiger partial charge on any atom is -0.493 e. The lowest BCUT2D eigenvalue weighted by molar-refractivity contribution is -0.151. The molecule has 12 heteroatoms. The third-order valence-corrected chi connectivity index (χ3v) is 8.11. The monoisotopic (exact) mass is 606 g/mol. The van der Waals surface area contributed by atoms with Crippen LogP contribution in [0.2, 0.25) is 5.02 Å². The van der Waals surface area contributed by atoms with E-state index in [0.717, 1.165) is 18.9 Å². The van der Waals surface area contributed by atoms with Crippen molar-refractivity contribution >= 4 is 17.5 Å². The Kier molecular flexibility index (Phi) is 7.21. The lowest BCUT2D eigenvalue weighted by Gasteiger charge is -2.29. The number of rotatable bonds is 9. The number of benzene rings is 2. The molecule has 2 N–H and O–H groups in total. The molecule has 42 heavy (non-hydrogen) atoms. The molecule has 2 aliphatic carbocycles. The van der Waals surface area contributed by atoms with Gasteiger partial charge in [-0.2, -0.15) is 13.2 Å². The van der Waals surface area contributed by atoms with Crippen LogP contribution in [0.1, 0.15) is 53.2 Å². The number of nitrogens with one attached hydrogen (secondary N) is 1. The summed E-state index contributed by atoms with van der Waals surface area (Å²) < 4.78 is 72.5. The highest BCUT2D eigenvalue weighted by Gasteiger charge is 2.51. The maximum Gasteiger partial charge on any atom is 0.399 e. The van der Waals surface area contributed by atoms with E-state index in [1.165, 1.54) is 31.4 Å². The summed E-state index contributed by atoms with van der Waals surface area (Å²) in [6.45, 7) is -0.973. The molecule has 2 heterocycles. The fourth-order valence-corrected chi connectivity index (χ4v) is 5.33. The van der Waals surface area contributed by atoms with E-state index in [2.05, 4.69) is 10.3 Å². The Balaban J connectivity index is 1.34. The predicted octanol–water partition coefficient (Wildman–Crippen LogP) is 6.16. The summed E-state index contributed by atoms with van der Waals surface area (Å²) in [5, 5.41) is 14.4. The molecule has 1 amide bonds. The molecular weight excluding hydrogens is 580 g/mol. The number of ether oxygens (including phenoxy) is 3. The number of carbonyl (C=O) groups excluding carboxylic acids is 1. The van der Waals surface area contributed by atoms with Gasteiger partial charge in [0.15, 0.2) is 11.5 Å². The van der Waals surface area contributed by atoms with E-state index >= 15 is 0 Å². The Morgan fingerprint density at radius 1 is 1.12 bits per heavy atom. The van der Waals surface area contributed by atoms with Gasteiger partial charge in [-0.1, -0.05) is 11.6 Å². The number of hydrogen-bond acceptors (Lipinski definition) is 6. The summed E-state index contributed by atoms with van der Waals surface area (Å²) >= 11 is 5.97. The van der Waals surface area contributed by atoms with E-state index in [9.17, 15) is 27.5 Å². The van der Waals surface area contributed by atoms with Crippen LogP contribution in [0.3, 0.4) is 0 Å². The van der Waals surface area contributed by atoms with Gasteiger partial charge in [-0.15, -0.1) is 0 Å². The lowest BCUT2D eigenvalue weighted by Crippen LogP contribution is -2.43. The van der Waals surface area contributed by atoms with Crippen molar-refractivity contribution < 1.29 is 41.7 Å². The summed E-state index contributed by atoms with van der Waals surface area (Å²) in [7, 11) is 1.46. The SMILES string of the molecule is COc1cc(C(=O)NC[C@](O)(c2cc3c(c(-c4ccc(F)c(Cl)c4)n2)OC[C@H]3C(F)(F)F)C2CC2)ccc1OC1CC1. The molecule has 0 unspecified atom stereocenters. The molecule has 1 aliphatic heterocycles. The van der Waals surface area contributed by atoms with E-state index in [-0.39, 0.29) is 57.4 Å². The molecule has 0 radical (unpaired) electrons. The zero-order chi connectivity index (χ0) is 29.8. The second-order valence-corrected chi connectivity index (χ2v) is 11.3. The summed E-state index contributed by atoms with van der Waals surface area (Å²) in [4.78, 5) is 17.7. The molecule has 2 fully saturated rings. The zero-order valence-corrected chi connectivity index (χ0v) is 23.2. The summed E-state index contributed by atoms with van der Waals surface area (Å²) in [6, 6.07) is 9.59. The molecular formula is C30H27ClF4N2O5. The Morgan fingerprint density at radius 2 is 1.88 bits per heavy atom. The van der Waals surface area contributed by atoms with Crippen LogP contribution >= 0.6 is 11.6 Å². The van der Waals surface area contributed by atoms with Crippen molar-refractivity contribution in [1.82, 2.24) is 10.3 Å². The van der Waals surface area contributed by atoms with E-state index in [1.54, 1.807) is 12.1 Å². The number of amides is 1. The van der Waals surface area contributed by atoms with Crippen LogP contribution < -0.4 is 19.5 Å². The van der Waals surface area contributed by atoms with Crippen LogP contribution in [0.15, 0.2) is 42.5 Å². The quantitative estimate of drug-likeness (QED) is 0.284. The molecule has 3 aliphatic rings. The van der Waals surface area contributed by atoms with Gasteiger partial charge < -0.3 is 24.6 Å². The molecule has 0 saturated heterocycles. The molecule has 0 spiro atoms. The van der Waals surface area contributed by atoms with Gasteiger partial charge in [-0.25, -0.2) is 9.37 Å². The van der Waals surface area contributed by atoms with Crippen molar-refractivity contribution in [3.63, 3.8) is 0 Å². The van der Waals surface area contributed by atoms with Gasteiger partial charge in [0.1, 0.15) is 35.4 Å². The number of nitrogens with zero attached hydrogens (tertiary/aromatic N) is 1. The number of carbonyl (C=O) groups is 1. The van der Waals surface area contributed by atoms with Crippen LogP contribution in [-0.2, 0) is 5.60 Å². The van der Waals surface area contributed by atoms with Crippen LogP contribution in [-0.4, -0.2) is 48.5 Å². The first-order chi connectivity index (χ1) is 20.0. The first kappa shape index (κ1) is 28.5. The maximum atomic E-state index is 14.0. The van der Waals surface area contributed by atoms with Gasteiger partial charge in [0, 0.05) is 16.7 Å². The smallest absolute Gasteiger partial charge is 0.399 e. The van der Waals surface area contributed by atoms with E-state index in [0.29, 0.717) is 24.3 Å². The number of aromatic nitrogens is 1. The fraction of sp³-hybridized carbons (Fsp3) is 0.400.